The fraction of sp³-hybridized carbons (Fsp3) is 0.526. The van der Waals surface area contributed by atoms with Gasteiger partial charge in [0.05, 0.1) is 17.3 Å². The first-order valence-electron chi connectivity index (χ1n) is 9.27. The van der Waals surface area contributed by atoms with Gasteiger partial charge >= 0.3 is 6.09 Å². The molecular weight excluding hydrogens is 368 g/mol. The fourth-order valence-electron chi connectivity index (χ4n) is 3.29. The van der Waals surface area contributed by atoms with Crippen LogP contribution in [0.25, 0.3) is 0 Å². The lowest BCUT2D eigenvalue weighted by Crippen LogP contribution is -2.54. The number of carbonyl (C=O) groups excluding carboxylic acids is 2. The number of carbonyl (C=O) groups is 2. The summed E-state index contributed by atoms with van der Waals surface area (Å²) < 4.78 is 5.07. The Labute approximate surface area is 164 Å². The first-order chi connectivity index (χ1) is 12.9. The molecule has 0 bridgehead atoms. The van der Waals surface area contributed by atoms with Crippen LogP contribution >= 0.6 is 11.6 Å². The number of ether oxygens (including phenoxy) is 1. The third-order valence-electron chi connectivity index (χ3n) is 4.74. The Morgan fingerprint density at radius 1 is 1.26 bits per heavy atom. The quantitative estimate of drug-likeness (QED) is 0.793. The third kappa shape index (κ3) is 3.88. The number of nitrogens with zero attached hydrogens (tertiary/aromatic N) is 4. The minimum atomic E-state index is -0.431. The van der Waals surface area contributed by atoms with Gasteiger partial charge in [-0.3, -0.25) is 4.79 Å². The topological polar surface area (TPSA) is 65.5 Å². The molecule has 1 saturated heterocycles. The van der Waals surface area contributed by atoms with E-state index in [0.717, 1.165) is 0 Å². The molecule has 7 nitrogen and oxygen atoms in total. The Bertz CT molecular complexity index is 744. The van der Waals surface area contributed by atoms with E-state index in [2.05, 4.69) is 0 Å². The van der Waals surface area contributed by atoms with Gasteiger partial charge in [0.2, 0.25) is 5.96 Å². The van der Waals surface area contributed by atoms with Crippen LogP contribution in [0, 0.1) is 5.92 Å². The van der Waals surface area contributed by atoms with Crippen LogP contribution in [0.3, 0.4) is 0 Å². The number of piperazine rings is 1. The molecule has 1 aromatic carbocycles. The molecule has 0 aliphatic carbocycles. The second-order valence-corrected chi connectivity index (χ2v) is 7.32. The lowest BCUT2D eigenvalue weighted by atomic mass is 10.0. The second-order valence-electron chi connectivity index (χ2n) is 6.92. The van der Waals surface area contributed by atoms with Crippen molar-refractivity contribution in [2.24, 2.45) is 10.9 Å². The molecular formula is C19H25ClN4O3. The Morgan fingerprint density at radius 3 is 2.52 bits per heavy atom. The minimum Gasteiger partial charge on any atom is -0.450 e. The summed E-state index contributed by atoms with van der Waals surface area (Å²) in [6.45, 7) is 8.32. The summed E-state index contributed by atoms with van der Waals surface area (Å²) in [7, 11) is 0. The number of benzene rings is 1. The van der Waals surface area contributed by atoms with Crippen molar-refractivity contribution in [3.63, 3.8) is 0 Å². The Kier molecular flexibility index (Phi) is 5.89. The first kappa shape index (κ1) is 19.5. The first-order valence-corrected chi connectivity index (χ1v) is 9.64. The number of anilines is 1. The Morgan fingerprint density at radius 2 is 1.93 bits per heavy atom. The number of aliphatic imine (C=N–C) groups is 1. The zero-order valence-electron chi connectivity index (χ0n) is 15.9. The molecule has 0 aromatic heterocycles. The highest BCUT2D eigenvalue weighted by Gasteiger charge is 2.41. The molecule has 0 saturated carbocycles. The number of para-hydroxylation sites is 1. The van der Waals surface area contributed by atoms with E-state index in [4.69, 9.17) is 21.3 Å². The second kappa shape index (κ2) is 8.17. The Hall–Kier alpha value is -2.28. The average Bonchev–Trinajstić information content (AvgIpc) is 3.00. The van der Waals surface area contributed by atoms with Gasteiger partial charge < -0.3 is 14.5 Å². The molecule has 2 aliphatic heterocycles. The van der Waals surface area contributed by atoms with Crippen LogP contribution in [0.1, 0.15) is 20.8 Å². The van der Waals surface area contributed by atoms with Crippen molar-refractivity contribution in [1.82, 2.24) is 9.80 Å². The molecule has 2 aliphatic rings. The van der Waals surface area contributed by atoms with Gasteiger partial charge in [-0.1, -0.05) is 37.6 Å². The zero-order valence-corrected chi connectivity index (χ0v) is 16.6. The lowest BCUT2D eigenvalue weighted by molar-refractivity contribution is -0.119. The molecule has 0 radical (unpaired) electrons. The smallest absolute Gasteiger partial charge is 0.409 e. The molecule has 2 heterocycles. The maximum atomic E-state index is 13.1. The van der Waals surface area contributed by atoms with E-state index >= 15 is 0 Å². The largest absolute Gasteiger partial charge is 0.450 e. The highest BCUT2D eigenvalue weighted by atomic mass is 35.5. The number of hydrogen-bond acceptors (Lipinski definition) is 5. The van der Waals surface area contributed by atoms with Gasteiger partial charge in [0.1, 0.15) is 6.04 Å². The van der Waals surface area contributed by atoms with E-state index in [1.807, 2.05) is 36.9 Å². The summed E-state index contributed by atoms with van der Waals surface area (Å²) >= 11 is 6.36. The molecule has 2 amide bonds. The van der Waals surface area contributed by atoms with Crippen LogP contribution in [0.5, 0.6) is 0 Å². The van der Waals surface area contributed by atoms with Gasteiger partial charge in [-0.2, -0.15) is 0 Å². The molecule has 1 atom stereocenters. The fourth-order valence-corrected chi connectivity index (χ4v) is 3.51. The van der Waals surface area contributed by atoms with Crippen molar-refractivity contribution in [2.45, 2.75) is 26.8 Å². The molecule has 1 fully saturated rings. The molecule has 3 rings (SSSR count). The Balaban J connectivity index is 1.83. The van der Waals surface area contributed by atoms with E-state index in [-0.39, 0.29) is 17.9 Å². The molecule has 0 N–H and O–H groups in total. The van der Waals surface area contributed by atoms with E-state index in [1.54, 1.807) is 22.8 Å². The lowest BCUT2D eigenvalue weighted by Gasteiger charge is -2.37. The highest BCUT2D eigenvalue weighted by Crippen LogP contribution is 2.32. The monoisotopic (exact) mass is 392 g/mol. The predicted molar refractivity (Wildman–Crippen MR) is 105 cm³/mol. The van der Waals surface area contributed by atoms with Crippen molar-refractivity contribution in [1.29, 1.82) is 0 Å². The molecule has 0 unspecified atom stereocenters. The number of rotatable bonds is 3. The van der Waals surface area contributed by atoms with E-state index in [1.165, 1.54) is 0 Å². The van der Waals surface area contributed by atoms with Crippen LogP contribution in [0.2, 0.25) is 5.02 Å². The molecule has 8 heteroatoms. The summed E-state index contributed by atoms with van der Waals surface area (Å²) in [5.74, 6) is 0.622. The van der Waals surface area contributed by atoms with Gasteiger partial charge in [-0.15, -0.1) is 0 Å². The molecule has 1 aromatic rings. The van der Waals surface area contributed by atoms with Gasteiger partial charge in [0.15, 0.2) is 0 Å². The summed E-state index contributed by atoms with van der Waals surface area (Å²) in [5.41, 5.74) is 0.638. The van der Waals surface area contributed by atoms with E-state index in [0.29, 0.717) is 49.5 Å². The molecule has 0 spiro atoms. The highest BCUT2D eigenvalue weighted by molar-refractivity contribution is 6.36. The maximum Gasteiger partial charge on any atom is 0.409 e. The predicted octanol–water partition coefficient (Wildman–Crippen LogP) is 2.84. The van der Waals surface area contributed by atoms with Gasteiger partial charge in [0.25, 0.3) is 5.91 Å². The average molecular weight is 393 g/mol. The van der Waals surface area contributed by atoms with Crippen molar-refractivity contribution >= 4 is 35.2 Å². The van der Waals surface area contributed by atoms with Crippen LogP contribution < -0.4 is 4.90 Å². The number of guanidine groups is 1. The normalized spacial score (nSPS) is 20.3. The molecule has 146 valence electrons. The molecule has 27 heavy (non-hydrogen) atoms. The summed E-state index contributed by atoms with van der Waals surface area (Å²) in [5, 5.41) is 0.508. The standard InChI is InChI=1S/C19H25ClN4O3/c1-4-27-19(26)23-11-9-22(10-12-23)18-21-16(13(2)3)17(25)24(18)15-8-6-5-7-14(15)20/h5-8,13,16H,4,9-12H2,1-3H3/t16-/m0/s1. The van der Waals surface area contributed by atoms with E-state index < -0.39 is 6.04 Å². The van der Waals surface area contributed by atoms with Crippen LogP contribution in [0.4, 0.5) is 10.5 Å². The van der Waals surface area contributed by atoms with Crippen molar-refractivity contribution < 1.29 is 14.3 Å². The zero-order chi connectivity index (χ0) is 19.6. The van der Waals surface area contributed by atoms with E-state index in [9.17, 15) is 9.59 Å². The van der Waals surface area contributed by atoms with Gasteiger partial charge in [-0.25, -0.2) is 14.7 Å². The van der Waals surface area contributed by atoms with Crippen LogP contribution in [-0.4, -0.2) is 66.6 Å². The van der Waals surface area contributed by atoms with Gasteiger partial charge in [-0.05, 0) is 25.0 Å². The van der Waals surface area contributed by atoms with Gasteiger partial charge in [0, 0.05) is 26.2 Å². The number of amides is 2. The minimum absolute atomic E-state index is 0.0686. The van der Waals surface area contributed by atoms with Crippen LogP contribution in [0.15, 0.2) is 29.3 Å². The SMILES string of the molecule is CCOC(=O)N1CCN(C2=N[C@@H](C(C)C)C(=O)N2c2ccccc2Cl)CC1. The number of hydrogen-bond donors (Lipinski definition) is 0. The van der Waals surface area contributed by atoms with Crippen molar-refractivity contribution in [3.05, 3.63) is 29.3 Å². The summed E-state index contributed by atoms with van der Waals surface area (Å²) in [4.78, 5) is 35.0. The summed E-state index contributed by atoms with van der Waals surface area (Å²) in [6.07, 6.45) is -0.301. The van der Waals surface area contributed by atoms with Crippen LogP contribution in [-0.2, 0) is 9.53 Å². The maximum absolute atomic E-state index is 13.1. The van der Waals surface area contributed by atoms with Crippen molar-refractivity contribution in [2.75, 3.05) is 37.7 Å². The van der Waals surface area contributed by atoms with Crippen molar-refractivity contribution in [3.8, 4) is 0 Å². The number of halogens is 1. The summed E-state index contributed by atoms with van der Waals surface area (Å²) in [6, 6.07) is 6.85. The third-order valence-corrected chi connectivity index (χ3v) is 5.06.